The highest BCUT2D eigenvalue weighted by molar-refractivity contribution is 6.34. The number of nitrogens with zero attached hydrogens (tertiary/aromatic N) is 1. The summed E-state index contributed by atoms with van der Waals surface area (Å²) < 4.78 is 11.4. The number of anilines is 1. The maximum Gasteiger partial charge on any atom is 0.266 e. The van der Waals surface area contributed by atoms with Crippen molar-refractivity contribution in [3.63, 3.8) is 0 Å². The monoisotopic (exact) mass is 466 g/mol. The summed E-state index contributed by atoms with van der Waals surface area (Å²) in [4.78, 5) is 12.8. The minimum Gasteiger partial charge on any atom is -0.493 e. The maximum absolute atomic E-state index is 12.8. The fourth-order valence-electron chi connectivity index (χ4n) is 3.00. The SMILES string of the molecule is COc1cccc(/C=C(\C#N)C(=O)Nc2c(C)cccc2Cl)c1OCc1ccccc1Cl. The van der Waals surface area contributed by atoms with Crippen LogP contribution in [-0.4, -0.2) is 13.0 Å². The number of amides is 1. The van der Waals surface area contributed by atoms with Gasteiger partial charge in [-0.1, -0.05) is 65.7 Å². The number of nitrogens with one attached hydrogen (secondary N) is 1. The molecule has 0 saturated heterocycles. The van der Waals surface area contributed by atoms with E-state index in [2.05, 4.69) is 5.32 Å². The molecule has 0 aromatic heterocycles. The van der Waals surface area contributed by atoms with Crippen LogP contribution in [0.3, 0.4) is 0 Å². The van der Waals surface area contributed by atoms with Crippen molar-refractivity contribution in [2.75, 3.05) is 12.4 Å². The molecule has 0 atom stereocenters. The number of methoxy groups -OCH3 is 1. The second kappa shape index (κ2) is 10.7. The molecular formula is C25H20Cl2N2O3. The molecule has 3 aromatic rings. The Morgan fingerprint density at radius 3 is 2.47 bits per heavy atom. The average molecular weight is 467 g/mol. The zero-order valence-corrected chi connectivity index (χ0v) is 19.0. The molecule has 0 aliphatic rings. The van der Waals surface area contributed by atoms with Gasteiger partial charge in [0.25, 0.3) is 5.91 Å². The molecule has 3 rings (SSSR count). The summed E-state index contributed by atoms with van der Waals surface area (Å²) in [5.74, 6) is 0.276. The molecule has 0 aliphatic carbocycles. The molecular weight excluding hydrogens is 447 g/mol. The number of carbonyl (C=O) groups excluding carboxylic acids is 1. The van der Waals surface area contributed by atoms with Crippen molar-refractivity contribution in [2.24, 2.45) is 0 Å². The van der Waals surface area contributed by atoms with E-state index in [1.54, 1.807) is 36.4 Å². The third-order valence-electron chi connectivity index (χ3n) is 4.68. The summed E-state index contributed by atoms with van der Waals surface area (Å²) in [6.07, 6.45) is 1.45. The highest BCUT2D eigenvalue weighted by Crippen LogP contribution is 2.34. The van der Waals surface area contributed by atoms with Crippen molar-refractivity contribution in [1.82, 2.24) is 0 Å². The van der Waals surface area contributed by atoms with E-state index in [1.807, 2.05) is 37.3 Å². The van der Waals surface area contributed by atoms with E-state index < -0.39 is 5.91 Å². The first-order chi connectivity index (χ1) is 15.4. The molecule has 7 heteroatoms. The Labute approximate surface area is 196 Å². The molecule has 5 nitrogen and oxygen atoms in total. The second-order valence-electron chi connectivity index (χ2n) is 6.81. The normalized spacial score (nSPS) is 10.9. The molecule has 1 N–H and O–H groups in total. The Morgan fingerprint density at radius 1 is 1.06 bits per heavy atom. The van der Waals surface area contributed by atoms with Crippen molar-refractivity contribution in [3.05, 3.63) is 93.0 Å². The molecule has 32 heavy (non-hydrogen) atoms. The summed E-state index contributed by atoms with van der Waals surface area (Å²) in [5, 5.41) is 13.3. The van der Waals surface area contributed by atoms with Crippen LogP contribution in [0.2, 0.25) is 10.0 Å². The summed E-state index contributed by atoms with van der Waals surface area (Å²) in [5.41, 5.74) is 2.44. The molecule has 1 amide bonds. The first-order valence-electron chi connectivity index (χ1n) is 9.66. The highest BCUT2D eigenvalue weighted by Gasteiger charge is 2.16. The third-order valence-corrected chi connectivity index (χ3v) is 5.37. The largest absolute Gasteiger partial charge is 0.493 e. The van der Waals surface area contributed by atoms with E-state index in [1.165, 1.54) is 13.2 Å². The minimum absolute atomic E-state index is 0.111. The molecule has 0 saturated carbocycles. The van der Waals surface area contributed by atoms with Crippen molar-refractivity contribution < 1.29 is 14.3 Å². The number of nitriles is 1. The van der Waals surface area contributed by atoms with E-state index in [0.717, 1.165) is 11.1 Å². The maximum atomic E-state index is 12.8. The van der Waals surface area contributed by atoms with Gasteiger partial charge in [0.05, 0.1) is 17.8 Å². The van der Waals surface area contributed by atoms with Crippen LogP contribution in [-0.2, 0) is 11.4 Å². The predicted octanol–water partition coefficient (Wildman–Crippen LogP) is 6.44. The number of benzene rings is 3. The quantitative estimate of drug-likeness (QED) is 0.321. The lowest BCUT2D eigenvalue weighted by Gasteiger charge is -2.14. The molecule has 162 valence electrons. The van der Waals surface area contributed by atoms with Crippen molar-refractivity contribution in [1.29, 1.82) is 5.26 Å². The van der Waals surface area contributed by atoms with E-state index in [9.17, 15) is 10.1 Å². The fourth-order valence-corrected chi connectivity index (χ4v) is 3.46. The molecule has 0 aliphatic heterocycles. The summed E-state index contributed by atoms with van der Waals surface area (Å²) >= 11 is 12.4. The van der Waals surface area contributed by atoms with Gasteiger partial charge < -0.3 is 14.8 Å². The number of halogens is 2. The first-order valence-corrected chi connectivity index (χ1v) is 10.4. The summed E-state index contributed by atoms with van der Waals surface area (Å²) in [6.45, 7) is 2.01. The lowest BCUT2D eigenvalue weighted by Crippen LogP contribution is -2.14. The van der Waals surface area contributed by atoms with Crippen molar-refractivity contribution >= 4 is 40.9 Å². The lowest BCUT2D eigenvalue weighted by molar-refractivity contribution is -0.112. The minimum atomic E-state index is -0.580. The van der Waals surface area contributed by atoms with Gasteiger partial charge in [-0.25, -0.2) is 0 Å². The van der Waals surface area contributed by atoms with Gasteiger partial charge in [-0.3, -0.25) is 4.79 Å². The number of ether oxygens (including phenoxy) is 2. The van der Waals surface area contributed by atoms with Gasteiger partial charge >= 0.3 is 0 Å². The molecule has 0 fully saturated rings. The van der Waals surface area contributed by atoms with Gasteiger partial charge in [0.2, 0.25) is 0 Å². The Balaban J connectivity index is 1.92. The summed E-state index contributed by atoms with van der Waals surface area (Å²) in [6, 6.07) is 19.8. The van der Waals surface area contributed by atoms with Crippen LogP contribution in [0.4, 0.5) is 5.69 Å². The van der Waals surface area contributed by atoms with Crippen LogP contribution < -0.4 is 14.8 Å². The third kappa shape index (κ3) is 5.42. The Kier molecular flexibility index (Phi) is 7.77. The zero-order valence-electron chi connectivity index (χ0n) is 17.5. The number of hydrogen-bond donors (Lipinski definition) is 1. The van der Waals surface area contributed by atoms with Crippen molar-refractivity contribution in [3.8, 4) is 17.6 Å². The summed E-state index contributed by atoms with van der Waals surface area (Å²) in [7, 11) is 1.52. The number of rotatable bonds is 7. The number of carbonyl (C=O) groups is 1. The van der Waals surface area contributed by atoms with E-state index in [-0.39, 0.29) is 12.2 Å². The van der Waals surface area contributed by atoms with Crippen LogP contribution in [0.1, 0.15) is 16.7 Å². The van der Waals surface area contributed by atoms with Crippen LogP contribution in [0, 0.1) is 18.3 Å². The van der Waals surface area contributed by atoms with Crippen LogP contribution in [0.25, 0.3) is 6.08 Å². The molecule has 3 aromatic carbocycles. The van der Waals surface area contributed by atoms with Gasteiger partial charge in [-0.2, -0.15) is 5.26 Å². The number of hydrogen-bond acceptors (Lipinski definition) is 4. The molecule has 0 heterocycles. The molecule has 0 radical (unpaired) electrons. The standard InChI is InChI=1S/C25H20Cl2N2O3/c1-16-7-5-11-21(27)23(16)29-25(30)19(14-28)13-17-9-6-12-22(31-2)24(17)32-15-18-8-3-4-10-20(18)26/h3-13H,15H2,1-2H3,(H,29,30)/b19-13+. The number of aryl methyl sites for hydroxylation is 1. The number of para-hydroxylation sites is 2. The van der Waals surface area contributed by atoms with Gasteiger partial charge in [0.15, 0.2) is 11.5 Å². The van der Waals surface area contributed by atoms with E-state index in [4.69, 9.17) is 32.7 Å². The van der Waals surface area contributed by atoms with E-state index in [0.29, 0.717) is 32.8 Å². The van der Waals surface area contributed by atoms with Gasteiger partial charge in [0, 0.05) is 16.1 Å². The molecule has 0 unspecified atom stereocenters. The molecule has 0 bridgehead atoms. The topological polar surface area (TPSA) is 71.3 Å². The van der Waals surface area contributed by atoms with Gasteiger partial charge in [-0.05, 0) is 36.8 Å². The van der Waals surface area contributed by atoms with Crippen LogP contribution in [0.15, 0.2) is 66.2 Å². The Bertz CT molecular complexity index is 1200. The highest BCUT2D eigenvalue weighted by atomic mass is 35.5. The predicted molar refractivity (Wildman–Crippen MR) is 127 cm³/mol. The first kappa shape index (κ1) is 23.2. The van der Waals surface area contributed by atoms with Gasteiger partial charge in [0.1, 0.15) is 18.2 Å². The lowest BCUT2D eigenvalue weighted by atomic mass is 10.1. The van der Waals surface area contributed by atoms with Crippen LogP contribution >= 0.6 is 23.2 Å². The Hall–Kier alpha value is -3.46. The Morgan fingerprint density at radius 2 is 1.78 bits per heavy atom. The smallest absolute Gasteiger partial charge is 0.266 e. The molecule has 0 spiro atoms. The van der Waals surface area contributed by atoms with Crippen molar-refractivity contribution in [2.45, 2.75) is 13.5 Å². The van der Waals surface area contributed by atoms with Crippen LogP contribution in [0.5, 0.6) is 11.5 Å². The fraction of sp³-hybridized carbons (Fsp3) is 0.120. The zero-order chi connectivity index (χ0) is 23.1. The second-order valence-corrected chi connectivity index (χ2v) is 7.63. The van der Waals surface area contributed by atoms with Gasteiger partial charge in [-0.15, -0.1) is 0 Å². The van der Waals surface area contributed by atoms with E-state index >= 15 is 0 Å². The average Bonchev–Trinajstić information content (AvgIpc) is 2.79.